The lowest BCUT2D eigenvalue weighted by Crippen LogP contribution is -2.46. The SMILES string of the molecule is CCC1(CC)NC(=O)N(CC(=O)NC(C)c2ccc3ccccc3c2)C1=O. The maximum atomic E-state index is 12.6. The highest BCUT2D eigenvalue weighted by Gasteiger charge is 2.49. The molecule has 0 aromatic heterocycles. The van der Waals surface area contributed by atoms with Gasteiger partial charge in [0.05, 0.1) is 6.04 Å². The molecular weight excluding hydrogens is 342 g/mol. The molecule has 4 amide bonds. The number of benzene rings is 2. The number of imide groups is 1. The predicted molar refractivity (Wildman–Crippen MR) is 104 cm³/mol. The van der Waals surface area contributed by atoms with Gasteiger partial charge in [0.15, 0.2) is 0 Å². The van der Waals surface area contributed by atoms with Crippen LogP contribution in [0.5, 0.6) is 0 Å². The Hall–Kier alpha value is -2.89. The smallest absolute Gasteiger partial charge is 0.325 e. The van der Waals surface area contributed by atoms with Gasteiger partial charge in [-0.1, -0.05) is 50.2 Å². The van der Waals surface area contributed by atoms with Gasteiger partial charge < -0.3 is 10.6 Å². The van der Waals surface area contributed by atoms with E-state index in [0.717, 1.165) is 21.2 Å². The normalized spacial score (nSPS) is 17.1. The van der Waals surface area contributed by atoms with Crippen LogP contribution in [0.4, 0.5) is 4.79 Å². The van der Waals surface area contributed by atoms with Crippen molar-refractivity contribution >= 4 is 28.6 Å². The first-order valence-electron chi connectivity index (χ1n) is 9.32. The van der Waals surface area contributed by atoms with Crippen molar-refractivity contribution in [3.05, 3.63) is 48.0 Å². The minimum Gasteiger partial charge on any atom is -0.348 e. The molecule has 1 fully saturated rings. The van der Waals surface area contributed by atoms with Crippen molar-refractivity contribution in [3.63, 3.8) is 0 Å². The maximum Gasteiger partial charge on any atom is 0.325 e. The van der Waals surface area contributed by atoms with Crippen LogP contribution in [-0.4, -0.2) is 34.8 Å². The monoisotopic (exact) mass is 367 g/mol. The molecule has 0 saturated carbocycles. The van der Waals surface area contributed by atoms with Crippen LogP contribution in [0.15, 0.2) is 42.5 Å². The van der Waals surface area contributed by atoms with Crippen molar-refractivity contribution in [2.45, 2.75) is 45.2 Å². The zero-order valence-electron chi connectivity index (χ0n) is 15.9. The number of nitrogens with zero attached hydrogens (tertiary/aromatic N) is 1. The summed E-state index contributed by atoms with van der Waals surface area (Å²) in [6.07, 6.45) is 0.999. The van der Waals surface area contributed by atoms with Crippen LogP contribution in [0.25, 0.3) is 10.8 Å². The number of carbonyl (C=O) groups is 3. The number of hydrogen-bond donors (Lipinski definition) is 2. The molecule has 1 aliphatic rings. The van der Waals surface area contributed by atoms with Crippen molar-refractivity contribution < 1.29 is 14.4 Å². The summed E-state index contributed by atoms with van der Waals surface area (Å²) in [7, 11) is 0. The Morgan fingerprint density at radius 2 is 1.78 bits per heavy atom. The van der Waals surface area contributed by atoms with Gasteiger partial charge in [0, 0.05) is 0 Å². The predicted octanol–water partition coefficient (Wildman–Crippen LogP) is 3.13. The summed E-state index contributed by atoms with van der Waals surface area (Å²) in [5, 5.41) is 7.85. The quantitative estimate of drug-likeness (QED) is 0.770. The molecule has 1 atom stereocenters. The van der Waals surface area contributed by atoms with Crippen LogP contribution < -0.4 is 10.6 Å². The standard InChI is InChI=1S/C21H25N3O3/c1-4-21(5-2)19(26)24(20(27)23-21)13-18(25)22-14(3)16-11-10-15-8-6-7-9-17(15)12-16/h6-12,14H,4-5,13H2,1-3H3,(H,22,25)(H,23,27). The third-order valence-corrected chi connectivity index (χ3v) is 5.41. The molecule has 27 heavy (non-hydrogen) atoms. The molecule has 2 N–H and O–H groups in total. The van der Waals surface area contributed by atoms with Crippen LogP contribution in [0.2, 0.25) is 0 Å². The summed E-state index contributed by atoms with van der Waals surface area (Å²) in [4.78, 5) is 38.2. The molecule has 1 heterocycles. The van der Waals surface area contributed by atoms with Crippen LogP contribution in [-0.2, 0) is 9.59 Å². The lowest BCUT2D eigenvalue weighted by molar-refractivity contribution is -0.135. The Labute approximate surface area is 158 Å². The summed E-state index contributed by atoms with van der Waals surface area (Å²) >= 11 is 0. The largest absolute Gasteiger partial charge is 0.348 e. The Morgan fingerprint density at radius 1 is 1.11 bits per heavy atom. The maximum absolute atomic E-state index is 12.6. The van der Waals surface area contributed by atoms with E-state index in [9.17, 15) is 14.4 Å². The van der Waals surface area contributed by atoms with Gasteiger partial charge in [-0.3, -0.25) is 14.5 Å². The first kappa shape index (κ1) is 18.9. The average Bonchev–Trinajstić information content (AvgIpc) is 2.92. The number of nitrogens with one attached hydrogen (secondary N) is 2. The van der Waals surface area contributed by atoms with Gasteiger partial charge in [-0.2, -0.15) is 0 Å². The second-order valence-corrected chi connectivity index (χ2v) is 7.01. The van der Waals surface area contributed by atoms with Crippen LogP contribution in [0, 0.1) is 0 Å². The number of hydrogen-bond acceptors (Lipinski definition) is 3. The lowest BCUT2D eigenvalue weighted by atomic mass is 9.93. The van der Waals surface area contributed by atoms with E-state index >= 15 is 0 Å². The molecule has 6 heteroatoms. The fourth-order valence-electron chi connectivity index (χ4n) is 3.54. The lowest BCUT2D eigenvalue weighted by Gasteiger charge is -2.23. The van der Waals surface area contributed by atoms with Gasteiger partial charge in [-0.15, -0.1) is 0 Å². The molecule has 0 spiro atoms. The molecular formula is C21H25N3O3. The van der Waals surface area contributed by atoms with Crippen molar-refractivity contribution in [2.24, 2.45) is 0 Å². The number of rotatable bonds is 6. The summed E-state index contributed by atoms with van der Waals surface area (Å²) < 4.78 is 0. The third-order valence-electron chi connectivity index (χ3n) is 5.41. The molecule has 1 unspecified atom stereocenters. The average molecular weight is 367 g/mol. The van der Waals surface area contributed by atoms with Crippen molar-refractivity contribution in [1.29, 1.82) is 0 Å². The van der Waals surface area contributed by atoms with E-state index in [-0.39, 0.29) is 24.4 Å². The highest BCUT2D eigenvalue weighted by atomic mass is 16.2. The number of amides is 4. The third kappa shape index (κ3) is 3.52. The minimum atomic E-state index is -0.888. The van der Waals surface area contributed by atoms with E-state index in [4.69, 9.17) is 0 Å². The second-order valence-electron chi connectivity index (χ2n) is 7.01. The summed E-state index contributed by atoms with van der Waals surface area (Å²) in [6.45, 7) is 5.32. The summed E-state index contributed by atoms with van der Waals surface area (Å²) in [5.41, 5.74) is 0.0807. The topological polar surface area (TPSA) is 78.5 Å². The summed E-state index contributed by atoms with van der Waals surface area (Å²) in [5.74, 6) is -0.687. The summed E-state index contributed by atoms with van der Waals surface area (Å²) in [6, 6.07) is 13.3. The Bertz CT molecular complexity index is 889. The van der Waals surface area contributed by atoms with Gasteiger partial charge in [0.1, 0.15) is 12.1 Å². The fourth-order valence-corrected chi connectivity index (χ4v) is 3.54. The first-order chi connectivity index (χ1) is 12.9. The van der Waals surface area contributed by atoms with Gasteiger partial charge in [0.2, 0.25) is 5.91 Å². The molecule has 1 aliphatic heterocycles. The molecule has 2 aromatic rings. The Balaban J connectivity index is 1.68. The molecule has 1 saturated heterocycles. The molecule has 0 aliphatic carbocycles. The Morgan fingerprint density at radius 3 is 2.41 bits per heavy atom. The zero-order valence-corrected chi connectivity index (χ0v) is 15.9. The van der Waals surface area contributed by atoms with E-state index < -0.39 is 11.6 Å². The van der Waals surface area contributed by atoms with Crippen LogP contribution >= 0.6 is 0 Å². The van der Waals surface area contributed by atoms with Gasteiger partial charge in [0.25, 0.3) is 5.91 Å². The van der Waals surface area contributed by atoms with E-state index in [1.165, 1.54) is 0 Å². The van der Waals surface area contributed by atoms with E-state index in [1.807, 2.05) is 63.2 Å². The van der Waals surface area contributed by atoms with E-state index in [1.54, 1.807) is 0 Å². The van der Waals surface area contributed by atoms with E-state index in [2.05, 4.69) is 10.6 Å². The first-order valence-corrected chi connectivity index (χ1v) is 9.32. The van der Waals surface area contributed by atoms with Crippen LogP contribution in [0.1, 0.15) is 45.2 Å². The number of carbonyl (C=O) groups excluding carboxylic acids is 3. The van der Waals surface area contributed by atoms with Crippen molar-refractivity contribution in [3.8, 4) is 0 Å². The molecule has 6 nitrogen and oxygen atoms in total. The Kier molecular flexibility index (Phi) is 5.17. The second kappa shape index (κ2) is 7.39. The van der Waals surface area contributed by atoms with Gasteiger partial charge >= 0.3 is 6.03 Å². The number of urea groups is 1. The molecule has 3 rings (SSSR count). The van der Waals surface area contributed by atoms with E-state index in [0.29, 0.717) is 12.8 Å². The highest BCUT2D eigenvalue weighted by molar-refractivity contribution is 6.09. The van der Waals surface area contributed by atoms with Crippen molar-refractivity contribution in [2.75, 3.05) is 6.54 Å². The van der Waals surface area contributed by atoms with Gasteiger partial charge in [-0.05, 0) is 42.2 Å². The highest BCUT2D eigenvalue weighted by Crippen LogP contribution is 2.25. The zero-order chi connectivity index (χ0) is 19.6. The fraction of sp³-hybridized carbons (Fsp3) is 0.381. The molecule has 142 valence electrons. The van der Waals surface area contributed by atoms with Gasteiger partial charge in [-0.25, -0.2) is 4.79 Å². The minimum absolute atomic E-state index is 0.232. The molecule has 0 bridgehead atoms. The molecule has 0 radical (unpaired) electrons. The molecule has 2 aromatic carbocycles. The number of fused-ring (bicyclic) bond motifs is 1. The van der Waals surface area contributed by atoms with Crippen molar-refractivity contribution in [1.82, 2.24) is 15.5 Å². The van der Waals surface area contributed by atoms with Crippen LogP contribution in [0.3, 0.4) is 0 Å².